The summed E-state index contributed by atoms with van der Waals surface area (Å²) in [6, 6.07) is 4.79. The molecule has 10 heteroatoms. The van der Waals surface area contributed by atoms with E-state index in [-0.39, 0.29) is 11.5 Å². The van der Waals surface area contributed by atoms with Crippen molar-refractivity contribution in [2.75, 3.05) is 26.2 Å². The first-order valence-corrected chi connectivity index (χ1v) is 10.0. The lowest BCUT2D eigenvalue weighted by Gasteiger charge is -2.34. The zero-order chi connectivity index (χ0) is 21.3. The molecule has 0 N–H and O–H groups in total. The number of aromatic nitrogens is 3. The minimum Gasteiger partial charge on any atom is -0.335 e. The fourth-order valence-electron chi connectivity index (χ4n) is 3.17. The maximum atomic E-state index is 13.4. The van der Waals surface area contributed by atoms with Gasteiger partial charge < -0.3 is 9.80 Å². The molecule has 0 bridgehead atoms. The molecule has 0 atom stereocenters. The fraction of sp³-hybridized carbons (Fsp3) is 0.250. The van der Waals surface area contributed by atoms with Gasteiger partial charge in [0.2, 0.25) is 0 Å². The Morgan fingerprint density at radius 3 is 2.23 bits per heavy atom. The summed E-state index contributed by atoms with van der Waals surface area (Å²) in [5.41, 5.74) is 0.687. The van der Waals surface area contributed by atoms with Crippen molar-refractivity contribution in [1.29, 1.82) is 0 Å². The summed E-state index contributed by atoms with van der Waals surface area (Å²) in [5, 5.41) is 0.573. The second-order valence-electron chi connectivity index (χ2n) is 6.72. The van der Waals surface area contributed by atoms with Crippen LogP contribution in [0.2, 0.25) is 0 Å². The maximum absolute atomic E-state index is 13.4. The molecule has 2 aromatic heterocycles. The van der Waals surface area contributed by atoms with Crippen LogP contribution in [0.5, 0.6) is 0 Å². The number of carbonyl (C=O) groups is 2. The second-order valence-corrected chi connectivity index (χ2v) is 7.72. The zero-order valence-electron chi connectivity index (χ0n) is 16.0. The highest BCUT2D eigenvalue weighted by Gasteiger charge is 2.28. The van der Waals surface area contributed by atoms with Gasteiger partial charge in [0.05, 0.1) is 5.69 Å². The molecule has 0 spiro atoms. The predicted molar refractivity (Wildman–Crippen MR) is 106 cm³/mol. The second kappa shape index (κ2) is 8.23. The Kier molecular flexibility index (Phi) is 5.49. The van der Waals surface area contributed by atoms with E-state index in [1.165, 1.54) is 22.3 Å². The molecule has 0 aliphatic carbocycles. The topological polar surface area (TPSA) is 79.3 Å². The van der Waals surface area contributed by atoms with Crippen LogP contribution >= 0.6 is 11.3 Å². The van der Waals surface area contributed by atoms with Crippen molar-refractivity contribution in [3.05, 3.63) is 64.4 Å². The lowest BCUT2D eigenvalue weighted by atomic mass is 10.1. The van der Waals surface area contributed by atoms with Crippen LogP contribution in [-0.4, -0.2) is 62.7 Å². The Morgan fingerprint density at radius 1 is 0.967 bits per heavy atom. The Morgan fingerprint density at radius 2 is 1.60 bits per heavy atom. The number of rotatable bonds is 3. The molecule has 4 rings (SSSR count). The van der Waals surface area contributed by atoms with Crippen LogP contribution in [0.15, 0.2) is 36.7 Å². The molecule has 2 amide bonds. The maximum Gasteiger partial charge on any atom is 0.265 e. The number of carbonyl (C=O) groups excluding carboxylic acids is 2. The molecule has 0 unspecified atom stereocenters. The molecule has 0 saturated carbocycles. The number of hydrogen-bond acceptors (Lipinski definition) is 6. The van der Waals surface area contributed by atoms with Crippen LogP contribution in [0.1, 0.15) is 25.7 Å². The van der Waals surface area contributed by atoms with Gasteiger partial charge in [-0.25, -0.2) is 23.7 Å². The highest BCUT2D eigenvalue weighted by atomic mass is 32.1. The lowest BCUT2D eigenvalue weighted by Crippen LogP contribution is -2.50. The normalized spacial score (nSPS) is 14.1. The van der Waals surface area contributed by atoms with E-state index >= 15 is 0 Å². The van der Waals surface area contributed by atoms with Crippen LogP contribution in [0.25, 0.3) is 10.8 Å². The number of thiazole rings is 1. The first-order chi connectivity index (χ1) is 14.4. The highest BCUT2D eigenvalue weighted by Crippen LogP contribution is 2.26. The monoisotopic (exact) mass is 429 g/mol. The van der Waals surface area contributed by atoms with E-state index in [1.807, 2.05) is 0 Å². The molecule has 1 aromatic carbocycles. The summed E-state index contributed by atoms with van der Waals surface area (Å²) in [7, 11) is 0. The summed E-state index contributed by atoms with van der Waals surface area (Å²) in [4.78, 5) is 41.9. The van der Waals surface area contributed by atoms with Gasteiger partial charge in [-0.2, -0.15) is 0 Å². The van der Waals surface area contributed by atoms with E-state index in [1.54, 1.807) is 30.3 Å². The third kappa shape index (κ3) is 3.90. The minimum atomic E-state index is -1.06. The van der Waals surface area contributed by atoms with E-state index in [4.69, 9.17) is 0 Å². The van der Waals surface area contributed by atoms with Crippen LogP contribution in [0.3, 0.4) is 0 Å². The lowest BCUT2D eigenvalue weighted by molar-refractivity contribution is 0.0537. The third-order valence-corrected chi connectivity index (χ3v) is 5.91. The largest absolute Gasteiger partial charge is 0.335 e. The average Bonchev–Trinajstić information content (AvgIpc) is 3.17. The SMILES string of the molecule is Cc1nc(-c2ncccn2)sc1C(=O)N1CCN(C(=O)c2ccc(F)c(F)c2)CC1. The molecule has 1 fully saturated rings. The van der Waals surface area contributed by atoms with E-state index < -0.39 is 17.5 Å². The summed E-state index contributed by atoms with van der Waals surface area (Å²) < 4.78 is 26.5. The number of hydrogen-bond donors (Lipinski definition) is 0. The van der Waals surface area contributed by atoms with Crippen LogP contribution in [-0.2, 0) is 0 Å². The number of benzene rings is 1. The van der Waals surface area contributed by atoms with Crippen molar-refractivity contribution in [2.45, 2.75) is 6.92 Å². The van der Waals surface area contributed by atoms with E-state index in [0.717, 1.165) is 12.1 Å². The molecule has 30 heavy (non-hydrogen) atoms. The van der Waals surface area contributed by atoms with Gasteiger partial charge in [-0.3, -0.25) is 9.59 Å². The van der Waals surface area contributed by atoms with Crippen LogP contribution in [0.4, 0.5) is 8.78 Å². The molecule has 1 saturated heterocycles. The van der Waals surface area contributed by atoms with Crippen molar-refractivity contribution in [3.8, 4) is 10.8 Å². The van der Waals surface area contributed by atoms with Gasteiger partial charge in [0.25, 0.3) is 11.8 Å². The van der Waals surface area contributed by atoms with Crippen molar-refractivity contribution in [3.63, 3.8) is 0 Å². The molecule has 3 aromatic rings. The number of halogens is 2. The quantitative estimate of drug-likeness (QED) is 0.640. The third-order valence-electron chi connectivity index (χ3n) is 4.77. The first kappa shape index (κ1) is 20.0. The standard InChI is InChI=1S/C20H17F2N5O2S/c1-12-16(30-18(25-12)17-23-5-2-6-24-17)20(29)27-9-7-26(8-10-27)19(28)13-3-4-14(21)15(22)11-13/h2-6,11H,7-10H2,1H3. The van der Waals surface area contributed by atoms with Gasteiger partial charge >= 0.3 is 0 Å². The Bertz CT molecular complexity index is 1100. The van der Waals surface area contributed by atoms with Gasteiger partial charge in [-0.15, -0.1) is 11.3 Å². The number of amides is 2. The molecule has 1 aliphatic rings. The van der Waals surface area contributed by atoms with Crippen LogP contribution < -0.4 is 0 Å². The molecular formula is C20H17F2N5O2S. The molecular weight excluding hydrogens is 412 g/mol. The Hall–Kier alpha value is -3.27. The summed E-state index contributed by atoms with van der Waals surface area (Å²) in [6.45, 7) is 3.04. The minimum absolute atomic E-state index is 0.0829. The van der Waals surface area contributed by atoms with E-state index in [9.17, 15) is 18.4 Å². The van der Waals surface area contributed by atoms with E-state index in [2.05, 4.69) is 15.0 Å². The first-order valence-electron chi connectivity index (χ1n) is 9.22. The van der Waals surface area contributed by atoms with Crippen molar-refractivity contribution >= 4 is 23.2 Å². The van der Waals surface area contributed by atoms with Crippen molar-refractivity contribution in [2.24, 2.45) is 0 Å². The highest BCUT2D eigenvalue weighted by molar-refractivity contribution is 7.17. The van der Waals surface area contributed by atoms with E-state index in [0.29, 0.717) is 47.6 Å². The fourth-order valence-corrected chi connectivity index (χ4v) is 4.15. The molecule has 1 aliphatic heterocycles. The van der Waals surface area contributed by atoms with Crippen molar-refractivity contribution < 1.29 is 18.4 Å². The summed E-state index contributed by atoms with van der Waals surface area (Å²) in [5.74, 6) is -2.15. The predicted octanol–water partition coefficient (Wildman–Crippen LogP) is 2.78. The zero-order valence-corrected chi connectivity index (χ0v) is 16.8. The smallest absolute Gasteiger partial charge is 0.265 e. The van der Waals surface area contributed by atoms with Gasteiger partial charge in [-0.1, -0.05) is 0 Å². The van der Waals surface area contributed by atoms with Gasteiger partial charge in [-0.05, 0) is 31.2 Å². The van der Waals surface area contributed by atoms with Gasteiger partial charge in [0, 0.05) is 44.1 Å². The van der Waals surface area contributed by atoms with Crippen LogP contribution in [0, 0.1) is 18.6 Å². The molecule has 154 valence electrons. The Labute approximate surface area is 175 Å². The summed E-state index contributed by atoms with van der Waals surface area (Å²) >= 11 is 1.24. The number of nitrogens with zero attached hydrogens (tertiary/aromatic N) is 5. The average molecular weight is 429 g/mol. The number of piperazine rings is 1. The summed E-state index contributed by atoms with van der Waals surface area (Å²) in [6.07, 6.45) is 3.23. The number of aryl methyl sites for hydroxylation is 1. The molecule has 3 heterocycles. The Balaban J connectivity index is 1.43. The molecule has 0 radical (unpaired) electrons. The van der Waals surface area contributed by atoms with Gasteiger partial charge in [0.1, 0.15) is 4.88 Å². The van der Waals surface area contributed by atoms with Crippen molar-refractivity contribution in [1.82, 2.24) is 24.8 Å². The van der Waals surface area contributed by atoms with Gasteiger partial charge in [0.15, 0.2) is 22.5 Å². The molecule has 7 nitrogen and oxygen atoms in total.